The predicted molar refractivity (Wildman–Crippen MR) is 149 cm³/mol. The topological polar surface area (TPSA) is 72.2 Å². The second-order valence-electron chi connectivity index (χ2n) is 9.34. The summed E-state index contributed by atoms with van der Waals surface area (Å²) >= 11 is 12.6. The molecule has 0 spiro atoms. The molecule has 0 saturated carbocycles. The molecule has 0 unspecified atom stereocenters. The molecule has 2 saturated heterocycles. The molecule has 39 heavy (non-hydrogen) atoms. The Bertz CT molecular complexity index is 1520. The fourth-order valence-electron chi connectivity index (χ4n) is 5.01. The van der Waals surface area contributed by atoms with Crippen LogP contribution in [0.5, 0.6) is 5.75 Å². The van der Waals surface area contributed by atoms with Gasteiger partial charge in [-0.15, -0.1) is 0 Å². The molecule has 2 aliphatic heterocycles. The van der Waals surface area contributed by atoms with Crippen LogP contribution in [-0.4, -0.2) is 24.5 Å². The van der Waals surface area contributed by atoms with Crippen molar-refractivity contribution >= 4 is 46.4 Å². The summed E-state index contributed by atoms with van der Waals surface area (Å²) in [7, 11) is 0. The summed E-state index contributed by atoms with van der Waals surface area (Å²) < 4.78 is 11.9. The lowest BCUT2D eigenvalue weighted by molar-refractivity contribution is -0.126. The Hall–Kier alpha value is -3.78. The summed E-state index contributed by atoms with van der Waals surface area (Å²) in [5, 5.41) is 2.58. The van der Waals surface area contributed by atoms with Gasteiger partial charge >= 0.3 is 0 Å². The average Bonchev–Trinajstić information content (AvgIpc) is 3.65. The van der Waals surface area contributed by atoms with Crippen LogP contribution < -0.4 is 14.7 Å². The van der Waals surface area contributed by atoms with Gasteiger partial charge in [0, 0.05) is 10.6 Å². The SMILES string of the molecule is CCCOc1ccc(N2C(=O)[C@@H]3[C@@H](c4ccc(-c5cc(Cl)ccc5Cl)o4)N(c4ccccc4)O[C@H]3C2=O)cc1. The van der Waals surface area contributed by atoms with Crippen LogP contribution in [0.2, 0.25) is 10.0 Å². The zero-order valence-corrected chi connectivity index (χ0v) is 22.4. The van der Waals surface area contributed by atoms with Gasteiger partial charge in [-0.25, -0.2) is 9.96 Å². The van der Waals surface area contributed by atoms with Gasteiger partial charge in [0.05, 0.1) is 23.0 Å². The molecule has 3 aromatic carbocycles. The number of halogens is 2. The van der Waals surface area contributed by atoms with Gasteiger partial charge in [0.2, 0.25) is 5.91 Å². The Morgan fingerprint density at radius 1 is 0.872 bits per heavy atom. The molecule has 0 bridgehead atoms. The van der Waals surface area contributed by atoms with Crippen LogP contribution in [0.15, 0.2) is 89.3 Å². The van der Waals surface area contributed by atoms with Crippen molar-refractivity contribution < 1.29 is 23.6 Å². The first-order chi connectivity index (χ1) is 19.0. The first-order valence-corrected chi connectivity index (χ1v) is 13.4. The number of hydrogen-bond donors (Lipinski definition) is 0. The molecule has 2 aliphatic rings. The van der Waals surface area contributed by atoms with E-state index >= 15 is 0 Å². The molecule has 198 valence electrons. The van der Waals surface area contributed by atoms with Gasteiger partial charge in [-0.2, -0.15) is 0 Å². The van der Waals surface area contributed by atoms with Crippen LogP contribution in [0, 0.1) is 5.92 Å². The number of carbonyl (C=O) groups is 2. The van der Waals surface area contributed by atoms with Crippen molar-refractivity contribution in [1.29, 1.82) is 0 Å². The van der Waals surface area contributed by atoms with Crippen molar-refractivity contribution in [2.45, 2.75) is 25.5 Å². The number of benzene rings is 3. The average molecular weight is 563 g/mol. The van der Waals surface area contributed by atoms with Gasteiger partial charge in [0.1, 0.15) is 29.2 Å². The van der Waals surface area contributed by atoms with Gasteiger partial charge in [-0.05, 0) is 73.2 Å². The molecule has 3 atom stereocenters. The van der Waals surface area contributed by atoms with Gasteiger partial charge < -0.3 is 9.15 Å². The summed E-state index contributed by atoms with van der Waals surface area (Å²) in [5.41, 5.74) is 1.78. The van der Waals surface area contributed by atoms with Gasteiger partial charge in [0.25, 0.3) is 5.91 Å². The number of nitrogens with zero attached hydrogens (tertiary/aromatic N) is 2. The fourth-order valence-corrected chi connectivity index (χ4v) is 5.39. The Labute approximate surface area is 235 Å². The quantitative estimate of drug-likeness (QED) is 0.224. The first kappa shape index (κ1) is 25.5. The van der Waals surface area contributed by atoms with Crippen molar-refractivity contribution in [1.82, 2.24) is 0 Å². The maximum Gasteiger partial charge on any atom is 0.266 e. The largest absolute Gasteiger partial charge is 0.494 e. The number of ether oxygens (including phenoxy) is 1. The second kappa shape index (κ2) is 10.4. The third kappa shape index (κ3) is 4.56. The summed E-state index contributed by atoms with van der Waals surface area (Å²) in [6.45, 7) is 2.61. The second-order valence-corrected chi connectivity index (χ2v) is 10.2. The minimum atomic E-state index is -1.01. The third-order valence-corrected chi connectivity index (χ3v) is 7.37. The van der Waals surface area contributed by atoms with Crippen LogP contribution in [0.25, 0.3) is 11.3 Å². The molecule has 4 aromatic rings. The number of anilines is 2. The minimum absolute atomic E-state index is 0.366. The molecule has 0 radical (unpaired) electrons. The highest BCUT2D eigenvalue weighted by Crippen LogP contribution is 2.48. The minimum Gasteiger partial charge on any atom is -0.494 e. The monoisotopic (exact) mass is 562 g/mol. The number of furan rings is 1. The molecule has 3 heterocycles. The number of fused-ring (bicyclic) bond motifs is 1. The number of imide groups is 1. The van der Waals surface area contributed by atoms with Crippen LogP contribution in [-0.2, 0) is 14.4 Å². The molecule has 6 rings (SSSR count). The highest BCUT2D eigenvalue weighted by Gasteiger charge is 2.61. The number of hydrogen-bond acceptors (Lipinski definition) is 6. The smallest absolute Gasteiger partial charge is 0.266 e. The first-order valence-electron chi connectivity index (χ1n) is 12.6. The van der Waals surface area contributed by atoms with E-state index in [0.717, 1.165) is 6.42 Å². The summed E-state index contributed by atoms with van der Waals surface area (Å²) in [6, 6.07) is 24.2. The molecule has 2 fully saturated rings. The summed E-state index contributed by atoms with van der Waals surface area (Å²) in [5.74, 6) is -0.00157. The Balaban J connectivity index is 1.37. The van der Waals surface area contributed by atoms with E-state index in [1.807, 2.05) is 37.3 Å². The zero-order chi connectivity index (χ0) is 27.1. The number of rotatable bonds is 7. The maximum atomic E-state index is 13.9. The highest BCUT2D eigenvalue weighted by molar-refractivity contribution is 6.35. The van der Waals surface area contributed by atoms with E-state index in [0.29, 0.717) is 50.9 Å². The predicted octanol–water partition coefficient (Wildman–Crippen LogP) is 7.09. The van der Waals surface area contributed by atoms with E-state index in [1.54, 1.807) is 59.7 Å². The highest BCUT2D eigenvalue weighted by atomic mass is 35.5. The molecule has 1 aromatic heterocycles. The zero-order valence-electron chi connectivity index (χ0n) is 20.9. The fraction of sp³-hybridized carbons (Fsp3) is 0.200. The van der Waals surface area contributed by atoms with Crippen LogP contribution in [0.4, 0.5) is 11.4 Å². The van der Waals surface area contributed by atoms with Crippen molar-refractivity contribution in [2.24, 2.45) is 5.92 Å². The summed E-state index contributed by atoms with van der Waals surface area (Å²) in [6.07, 6.45) is -0.134. The third-order valence-electron chi connectivity index (χ3n) is 6.81. The van der Waals surface area contributed by atoms with Crippen molar-refractivity contribution in [2.75, 3.05) is 16.6 Å². The van der Waals surface area contributed by atoms with E-state index in [2.05, 4.69) is 0 Å². The Morgan fingerprint density at radius 3 is 2.38 bits per heavy atom. The van der Waals surface area contributed by atoms with E-state index in [4.69, 9.17) is 37.2 Å². The van der Waals surface area contributed by atoms with Crippen molar-refractivity contribution in [3.8, 4) is 17.1 Å². The molecule has 0 N–H and O–H groups in total. The van der Waals surface area contributed by atoms with E-state index in [9.17, 15) is 9.59 Å². The lowest BCUT2D eigenvalue weighted by Gasteiger charge is -2.27. The molecule has 2 amide bonds. The van der Waals surface area contributed by atoms with E-state index in [-0.39, 0.29) is 5.91 Å². The number of carbonyl (C=O) groups excluding carboxylic acids is 2. The molecule has 7 nitrogen and oxygen atoms in total. The van der Waals surface area contributed by atoms with Gasteiger partial charge in [-0.1, -0.05) is 48.3 Å². The summed E-state index contributed by atoms with van der Waals surface area (Å²) in [4.78, 5) is 34.8. The Kier molecular flexibility index (Phi) is 6.81. The number of hydroxylamine groups is 1. The van der Waals surface area contributed by atoms with Crippen molar-refractivity contribution in [3.05, 3.63) is 101 Å². The number of para-hydroxylation sites is 1. The molecule has 0 aliphatic carbocycles. The van der Waals surface area contributed by atoms with Gasteiger partial charge in [0.15, 0.2) is 6.10 Å². The normalized spacial score (nSPS) is 20.5. The maximum absolute atomic E-state index is 13.9. The molecule has 9 heteroatoms. The van der Waals surface area contributed by atoms with E-state index in [1.165, 1.54) is 4.90 Å². The standard InChI is InChI=1S/C30H24Cl2N2O5/c1-2-16-37-21-11-9-19(10-12-21)33-29(35)26-27(34(39-28(26)30(33)36)20-6-4-3-5-7-20)25-15-14-24(38-25)22-17-18(31)8-13-23(22)32/h3-15,17,26-28H,2,16H2,1H3/t26-,27-,28-/m1/s1. The Morgan fingerprint density at radius 2 is 1.64 bits per heavy atom. The van der Waals surface area contributed by atoms with Crippen LogP contribution in [0.1, 0.15) is 25.1 Å². The van der Waals surface area contributed by atoms with Crippen molar-refractivity contribution in [3.63, 3.8) is 0 Å². The lowest BCUT2D eigenvalue weighted by Crippen LogP contribution is -2.37. The molecular weight excluding hydrogens is 539 g/mol. The number of amides is 2. The van der Waals surface area contributed by atoms with Crippen LogP contribution >= 0.6 is 23.2 Å². The van der Waals surface area contributed by atoms with Crippen LogP contribution in [0.3, 0.4) is 0 Å². The van der Waals surface area contributed by atoms with E-state index < -0.39 is 24.0 Å². The molecular formula is C30H24Cl2N2O5. The van der Waals surface area contributed by atoms with Gasteiger partial charge in [-0.3, -0.25) is 14.4 Å². The lowest BCUT2D eigenvalue weighted by atomic mass is 9.94.